The Morgan fingerprint density at radius 2 is 1.52 bits per heavy atom. The van der Waals surface area contributed by atoms with Crippen LogP contribution in [0.1, 0.15) is 37.5 Å². The van der Waals surface area contributed by atoms with Gasteiger partial charge in [-0.2, -0.15) is 0 Å². The lowest BCUT2D eigenvalue weighted by molar-refractivity contribution is 0.0106. The van der Waals surface area contributed by atoms with E-state index in [0.717, 1.165) is 49.5 Å². The number of rotatable bonds is 7. The number of hydrogen-bond donors (Lipinski definition) is 1. The number of H-pyrrole nitrogens is 1. The Morgan fingerprint density at radius 1 is 0.931 bits per heavy atom. The van der Waals surface area contributed by atoms with Crippen molar-refractivity contribution in [3.8, 4) is 11.3 Å². The molecule has 0 radical (unpaired) electrons. The summed E-state index contributed by atoms with van der Waals surface area (Å²) < 4.78 is 56.2. The number of halogens is 4. The van der Waals surface area contributed by atoms with E-state index in [9.17, 15) is 17.6 Å². The predicted molar refractivity (Wildman–Crippen MR) is 110 cm³/mol. The van der Waals surface area contributed by atoms with Crippen LogP contribution in [0.15, 0.2) is 42.5 Å². The first-order chi connectivity index (χ1) is 13.5. The quantitative estimate of drug-likeness (QED) is 0.441. The van der Waals surface area contributed by atoms with Gasteiger partial charge in [0.05, 0.1) is 0 Å². The summed E-state index contributed by atoms with van der Waals surface area (Å²) in [6.45, 7) is 5.16. The van der Waals surface area contributed by atoms with Crippen LogP contribution in [0, 0.1) is 0 Å². The summed E-state index contributed by atoms with van der Waals surface area (Å²) in [4.78, 5) is 5.42. The minimum absolute atomic E-state index is 0.353. The molecule has 2 nitrogen and oxygen atoms in total. The molecule has 0 atom stereocenters. The van der Waals surface area contributed by atoms with Gasteiger partial charge >= 0.3 is 0 Å². The second-order valence-corrected chi connectivity index (χ2v) is 7.75. The van der Waals surface area contributed by atoms with E-state index < -0.39 is 23.0 Å². The second-order valence-electron chi connectivity index (χ2n) is 7.75. The summed E-state index contributed by atoms with van der Waals surface area (Å²) in [6.07, 6.45) is 0.675. The van der Waals surface area contributed by atoms with Gasteiger partial charge in [-0.05, 0) is 55.4 Å². The van der Waals surface area contributed by atoms with Crippen LogP contribution in [0.2, 0.25) is 0 Å². The zero-order chi connectivity index (χ0) is 21.4. The lowest BCUT2D eigenvalue weighted by Gasteiger charge is -2.19. The largest absolute Gasteiger partial charge is 0.354 e. The first kappa shape index (κ1) is 21.4. The highest BCUT2D eigenvalue weighted by Gasteiger charge is 2.31. The number of aromatic nitrogens is 1. The first-order valence-corrected chi connectivity index (χ1v) is 9.71. The first-order valence-electron chi connectivity index (χ1n) is 9.71. The van der Waals surface area contributed by atoms with E-state index in [0.29, 0.717) is 17.7 Å². The van der Waals surface area contributed by atoms with Gasteiger partial charge < -0.3 is 9.88 Å². The van der Waals surface area contributed by atoms with E-state index in [1.165, 1.54) is 12.1 Å². The zero-order valence-electron chi connectivity index (χ0n) is 17.1. The maximum atomic E-state index is 14.1. The van der Waals surface area contributed by atoms with E-state index in [1.54, 1.807) is 0 Å². The zero-order valence-corrected chi connectivity index (χ0v) is 17.1. The van der Waals surface area contributed by atoms with Crippen molar-refractivity contribution >= 4 is 10.9 Å². The molecule has 156 valence electrons. The number of hydrogen-bond acceptors (Lipinski definition) is 1. The molecule has 0 saturated heterocycles. The highest BCUT2D eigenvalue weighted by molar-refractivity contribution is 5.91. The number of nitrogens with one attached hydrogen (secondary N) is 1. The third-order valence-corrected chi connectivity index (χ3v) is 5.33. The molecule has 1 aromatic heterocycles. The van der Waals surface area contributed by atoms with Crippen molar-refractivity contribution in [2.45, 2.75) is 39.0 Å². The van der Waals surface area contributed by atoms with Gasteiger partial charge in [-0.15, -0.1) is 0 Å². The molecule has 0 saturated carbocycles. The normalized spacial score (nSPS) is 12.9. The molecule has 1 N–H and O–H groups in total. The standard InChI is InChI=1S/C23H26F4N2/c1-5-29(4)11-10-19-18-8-6-7-9-20(18)28-21(19)15-12-16(22(2,24)25)14-17(13-15)23(3,26)27/h6-9,12-14,28H,5,10-11H2,1-4H3. The van der Waals surface area contributed by atoms with Crippen molar-refractivity contribution in [1.29, 1.82) is 0 Å². The van der Waals surface area contributed by atoms with Crippen LogP contribution in [0.25, 0.3) is 22.2 Å². The van der Waals surface area contributed by atoms with Crippen molar-refractivity contribution in [2.24, 2.45) is 0 Å². The van der Waals surface area contributed by atoms with Crippen molar-refractivity contribution in [3.63, 3.8) is 0 Å². The highest BCUT2D eigenvalue weighted by Crippen LogP contribution is 2.39. The van der Waals surface area contributed by atoms with Crippen LogP contribution in [0.5, 0.6) is 0 Å². The maximum Gasteiger partial charge on any atom is 0.270 e. The van der Waals surface area contributed by atoms with E-state index in [4.69, 9.17) is 0 Å². The fourth-order valence-electron chi connectivity index (χ4n) is 3.45. The number of benzene rings is 2. The molecular weight excluding hydrogens is 380 g/mol. The van der Waals surface area contributed by atoms with E-state index in [2.05, 4.69) is 16.8 Å². The molecule has 3 rings (SSSR count). The number of para-hydroxylation sites is 1. The number of fused-ring (bicyclic) bond motifs is 1. The van der Waals surface area contributed by atoms with Gasteiger partial charge in [0.25, 0.3) is 11.8 Å². The van der Waals surface area contributed by atoms with Gasteiger partial charge in [0.15, 0.2) is 0 Å². The van der Waals surface area contributed by atoms with Crippen LogP contribution >= 0.6 is 0 Å². The smallest absolute Gasteiger partial charge is 0.270 e. The van der Waals surface area contributed by atoms with Gasteiger partial charge in [-0.3, -0.25) is 0 Å². The topological polar surface area (TPSA) is 19.0 Å². The van der Waals surface area contributed by atoms with Crippen molar-refractivity contribution in [3.05, 3.63) is 59.2 Å². The highest BCUT2D eigenvalue weighted by atomic mass is 19.3. The number of aromatic amines is 1. The van der Waals surface area contributed by atoms with E-state index in [-0.39, 0.29) is 0 Å². The molecule has 6 heteroatoms. The van der Waals surface area contributed by atoms with Crippen LogP contribution in [0.4, 0.5) is 17.6 Å². The number of nitrogens with zero attached hydrogens (tertiary/aromatic N) is 1. The molecule has 0 unspecified atom stereocenters. The molecule has 0 bridgehead atoms. The lowest BCUT2D eigenvalue weighted by Crippen LogP contribution is -2.20. The Balaban J connectivity index is 2.21. The molecule has 0 aliphatic heterocycles. The van der Waals surface area contributed by atoms with Gasteiger partial charge in [0, 0.05) is 48.1 Å². The maximum absolute atomic E-state index is 14.1. The third kappa shape index (κ3) is 4.64. The summed E-state index contributed by atoms with van der Waals surface area (Å²) in [5.41, 5.74) is 1.94. The molecule has 0 aliphatic rings. The molecular formula is C23H26F4N2. The Labute approximate surface area is 168 Å². The van der Waals surface area contributed by atoms with Gasteiger partial charge in [0.1, 0.15) is 0 Å². The average molecular weight is 406 g/mol. The molecule has 2 aromatic carbocycles. The monoisotopic (exact) mass is 406 g/mol. The average Bonchev–Trinajstić information content (AvgIpc) is 3.03. The van der Waals surface area contributed by atoms with E-state index in [1.807, 2.05) is 31.3 Å². The third-order valence-electron chi connectivity index (χ3n) is 5.33. The second kappa shape index (κ2) is 7.82. The summed E-state index contributed by atoms with van der Waals surface area (Å²) in [5.74, 6) is -6.44. The van der Waals surface area contributed by atoms with Crippen LogP contribution in [0.3, 0.4) is 0 Å². The van der Waals surface area contributed by atoms with Crippen molar-refractivity contribution < 1.29 is 17.6 Å². The van der Waals surface area contributed by atoms with Crippen molar-refractivity contribution in [2.75, 3.05) is 20.1 Å². The summed E-state index contributed by atoms with van der Waals surface area (Å²) in [5, 5.41) is 0.977. The number of alkyl halides is 4. The minimum atomic E-state index is -3.22. The van der Waals surface area contributed by atoms with Crippen LogP contribution in [-0.4, -0.2) is 30.0 Å². The summed E-state index contributed by atoms with van der Waals surface area (Å²) in [7, 11) is 2.00. The molecule has 0 fully saturated rings. The number of likely N-dealkylation sites (N-methyl/N-ethyl adjacent to an activating group) is 1. The van der Waals surface area contributed by atoms with Gasteiger partial charge in [0.2, 0.25) is 0 Å². The Hall–Kier alpha value is -2.34. The predicted octanol–water partition coefficient (Wildman–Crippen LogP) is 6.55. The Kier molecular flexibility index (Phi) is 5.77. The molecule has 29 heavy (non-hydrogen) atoms. The summed E-state index contributed by atoms with van der Waals surface area (Å²) >= 11 is 0. The summed E-state index contributed by atoms with van der Waals surface area (Å²) in [6, 6.07) is 11.2. The van der Waals surface area contributed by atoms with Gasteiger partial charge in [-0.1, -0.05) is 25.1 Å². The Bertz CT molecular complexity index is 964. The molecule has 0 amide bonds. The lowest BCUT2D eigenvalue weighted by atomic mass is 9.95. The SMILES string of the molecule is CCN(C)CCc1c(-c2cc(C(C)(F)F)cc(C(C)(F)F)c2)[nH]c2ccccc12. The molecule has 3 aromatic rings. The van der Waals surface area contributed by atoms with Crippen LogP contribution < -0.4 is 0 Å². The molecule has 0 aliphatic carbocycles. The van der Waals surface area contributed by atoms with Crippen molar-refractivity contribution in [1.82, 2.24) is 9.88 Å². The fourth-order valence-corrected chi connectivity index (χ4v) is 3.45. The fraction of sp³-hybridized carbons (Fsp3) is 0.391. The van der Waals surface area contributed by atoms with Crippen LogP contribution in [-0.2, 0) is 18.3 Å². The minimum Gasteiger partial charge on any atom is -0.354 e. The van der Waals surface area contributed by atoms with E-state index >= 15 is 0 Å². The van der Waals surface area contributed by atoms with Gasteiger partial charge in [-0.25, -0.2) is 17.6 Å². The molecule has 1 heterocycles. The molecule has 0 spiro atoms. The Morgan fingerprint density at radius 3 is 2.07 bits per heavy atom.